The van der Waals surface area contributed by atoms with Gasteiger partial charge in [-0.3, -0.25) is 19.2 Å². The molecule has 4 aliphatic heterocycles. The molecule has 4 fully saturated rings. The van der Waals surface area contributed by atoms with Gasteiger partial charge in [0.15, 0.2) is 37.4 Å². The molecule has 0 radical (unpaired) electrons. The summed E-state index contributed by atoms with van der Waals surface area (Å²) >= 11 is 0. The van der Waals surface area contributed by atoms with Crippen molar-refractivity contribution in [3.05, 3.63) is 0 Å². The summed E-state index contributed by atoms with van der Waals surface area (Å²) in [7, 11) is 0. The van der Waals surface area contributed by atoms with Gasteiger partial charge in [0.05, 0.1) is 43.6 Å². The van der Waals surface area contributed by atoms with Gasteiger partial charge in [0.25, 0.3) is 0 Å². The molecule has 28 heteroatoms. The molecule has 0 unspecified atom stereocenters. The molecule has 0 aromatic heterocycles. The topological polar surface area (TPSA) is 432 Å². The first-order chi connectivity index (χ1) is 29.9. The number of hydrogen-bond donors (Lipinski definition) is 14. The van der Waals surface area contributed by atoms with Gasteiger partial charge in [-0.15, -0.1) is 0 Å². The average molecular weight is 930 g/mol. The summed E-state index contributed by atoms with van der Waals surface area (Å²) in [4.78, 5) is 74.6. The zero-order valence-corrected chi connectivity index (χ0v) is 35.4. The standard InChI is InChI=1S/C36H59N5O23/c1-9-18(38-11(3)44)27(61-34-19(39-12(4)45)23(50)25(52)29(63-34)31(53)54)21(41-14(6)47)35(57-9)60-26-17(37)22(49)10(2)58-36(26)62-28-24(51)20(40-13(5)46)33(64-30(28)32(55)56)59-16(8-43)15(48)7-42/h9-10,15-30,33-36,42-43,48-52H,7-8,37H2,1-6H3,(H,38,44)(H,39,45)(H,40,46)(H,41,47)(H,53,54)(H,55,56)/t9-,10-,15-,16-,17+,18-,19+,20-,21-,22-,23+,24-,25+,26-,27+,28-,29-,30+,33+,34-,35+,36+/m1/s1. The van der Waals surface area contributed by atoms with Crippen LogP contribution in [0.15, 0.2) is 0 Å². The molecule has 0 aromatic carbocycles. The number of amides is 4. The lowest BCUT2D eigenvalue weighted by Gasteiger charge is -2.51. The van der Waals surface area contributed by atoms with Crippen LogP contribution >= 0.6 is 0 Å². The average Bonchev–Trinajstić information content (AvgIpc) is 3.20. The van der Waals surface area contributed by atoms with Gasteiger partial charge < -0.3 is 111 Å². The number of aliphatic hydroxyl groups excluding tert-OH is 7. The molecular formula is C36H59N5O23. The van der Waals surface area contributed by atoms with E-state index in [0.717, 1.165) is 27.7 Å². The molecule has 0 spiro atoms. The smallest absolute Gasteiger partial charge is 0.335 e. The highest BCUT2D eigenvalue weighted by Crippen LogP contribution is 2.35. The highest BCUT2D eigenvalue weighted by atomic mass is 16.8. The lowest BCUT2D eigenvalue weighted by molar-refractivity contribution is -0.361. The van der Waals surface area contributed by atoms with Crippen LogP contribution in [0, 0.1) is 0 Å². The molecule has 0 bridgehead atoms. The van der Waals surface area contributed by atoms with E-state index in [0.29, 0.717) is 0 Å². The third-order valence-corrected chi connectivity index (χ3v) is 10.9. The Bertz CT molecular complexity index is 1650. The normalized spacial score (nSPS) is 41.2. The van der Waals surface area contributed by atoms with E-state index in [4.69, 9.17) is 43.6 Å². The lowest BCUT2D eigenvalue weighted by atomic mass is 9.92. The quantitative estimate of drug-likeness (QED) is 0.0644. The number of carbonyl (C=O) groups excluding carboxylic acids is 4. The summed E-state index contributed by atoms with van der Waals surface area (Å²) in [6, 6.07) is -7.73. The number of aliphatic hydroxyl groups is 7. The maximum atomic E-state index is 12.8. The second-order valence-corrected chi connectivity index (χ2v) is 15.8. The molecule has 4 aliphatic rings. The van der Waals surface area contributed by atoms with Gasteiger partial charge in [-0.05, 0) is 13.8 Å². The first-order valence-corrected chi connectivity index (χ1v) is 20.1. The van der Waals surface area contributed by atoms with Crippen molar-refractivity contribution < 1.29 is 113 Å². The Kier molecular flexibility index (Phi) is 18.6. The van der Waals surface area contributed by atoms with E-state index in [-0.39, 0.29) is 0 Å². The second-order valence-electron chi connectivity index (χ2n) is 15.8. The number of nitrogens with two attached hydrogens (primary N) is 1. The number of rotatable bonds is 17. The summed E-state index contributed by atoms with van der Waals surface area (Å²) in [5.41, 5.74) is 6.49. The van der Waals surface area contributed by atoms with Gasteiger partial charge in [0, 0.05) is 27.7 Å². The van der Waals surface area contributed by atoms with Crippen molar-refractivity contribution in [3.8, 4) is 0 Å². The predicted octanol–water partition coefficient (Wildman–Crippen LogP) is -8.23. The SMILES string of the molecule is CC(=O)N[C@@H]1[C@H](O[C@@H]2[C@@H](NC(C)=O)[C@H](O[C@H]3[C@H](O[C@@H]4[C@H](O)[C@@H](NC(C)=O)[C@@H](O[C@H](CO)[C@H](O)CO)O[C@@H]4C(=O)O)O[C@H](C)[C@@H](O)[C@@H]3N)O[C@H](C)[C@H]2NC(C)=O)O[C@@H](C(=O)O)[C@@H](O)[C@H]1O. The lowest BCUT2D eigenvalue weighted by Crippen LogP contribution is -2.73. The van der Waals surface area contributed by atoms with Crippen LogP contribution in [0.1, 0.15) is 41.5 Å². The molecule has 0 aromatic rings. The van der Waals surface area contributed by atoms with Crippen LogP contribution in [0.3, 0.4) is 0 Å². The maximum Gasteiger partial charge on any atom is 0.335 e. The molecule has 366 valence electrons. The van der Waals surface area contributed by atoms with Gasteiger partial charge in [0.1, 0.15) is 67.0 Å². The van der Waals surface area contributed by atoms with Gasteiger partial charge in [-0.1, -0.05) is 0 Å². The first kappa shape index (κ1) is 52.8. The Morgan fingerprint density at radius 2 is 1.00 bits per heavy atom. The fourth-order valence-corrected chi connectivity index (χ4v) is 7.74. The maximum absolute atomic E-state index is 12.8. The van der Waals surface area contributed by atoms with Crippen LogP contribution < -0.4 is 27.0 Å². The van der Waals surface area contributed by atoms with Crippen molar-refractivity contribution in [3.63, 3.8) is 0 Å². The van der Waals surface area contributed by atoms with Crippen LogP contribution in [0.4, 0.5) is 0 Å². The van der Waals surface area contributed by atoms with Crippen LogP contribution in [0.2, 0.25) is 0 Å². The Labute approximate surface area is 364 Å². The van der Waals surface area contributed by atoms with Crippen LogP contribution in [-0.2, 0) is 66.7 Å². The van der Waals surface area contributed by atoms with Crippen LogP contribution in [-0.4, -0.2) is 229 Å². The summed E-state index contributed by atoms with van der Waals surface area (Å²) < 4.78 is 47.3. The van der Waals surface area contributed by atoms with E-state index in [9.17, 15) is 74.7 Å². The Balaban J connectivity index is 1.75. The second kappa shape index (κ2) is 22.6. The third-order valence-electron chi connectivity index (χ3n) is 10.9. The molecule has 4 rings (SSSR count). The molecule has 4 amide bonds. The van der Waals surface area contributed by atoms with Crippen molar-refractivity contribution in [2.75, 3.05) is 13.2 Å². The van der Waals surface area contributed by atoms with Crippen molar-refractivity contribution in [1.82, 2.24) is 21.3 Å². The summed E-state index contributed by atoms with van der Waals surface area (Å²) in [5, 5.41) is 103. The predicted molar refractivity (Wildman–Crippen MR) is 203 cm³/mol. The van der Waals surface area contributed by atoms with E-state index in [2.05, 4.69) is 21.3 Å². The van der Waals surface area contributed by atoms with Gasteiger partial charge >= 0.3 is 11.9 Å². The number of aliphatic carboxylic acids is 2. The van der Waals surface area contributed by atoms with Crippen molar-refractivity contribution >= 4 is 35.6 Å². The Morgan fingerprint density at radius 1 is 0.547 bits per heavy atom. The summed E-state index contributed by atoms with van der Waals surface area (Å²) in [5.74, 6) is -6.50. The first-order valence-electron chi connectivity index (χ1n) is 20.1. The summed E-state index contributed by atoms with van der Waals surface area (Å²) in [6.07, 6.45) is -30.5. The van der Waals surface area contributed by atoms with Gasteiger partial charge in [-0.25, -0.2) is 9.59 Å². The molecule has 28 nitrogen and oxygen atoms in total. The van der Waals surface area contributed by atoms with E-state index >= 15 is 0 Å². The molecule has 0 saturated carbocycles. The molecule has 15 N–H and O–H groups in total. The largest absolute Gasteiger partial charge is 0.479 e. The molecule has 64 heavy (non-hydrogen) atoms. The van der Waals surface area contributed by atoms with E-state index in [1.165, 1.54) is 13.8 Å². The molecular weight excluding hydrogens is 870 g/mol. The van der Waals surface area contributed by atoms with E-state index in [1.54, 1.807) is 0 Å². The fraction of sp³-hybridized carbons (Fsp3) is 0.833. The van der Waals surface area contributed by atoms with Gasteiger partial charge in [-0.2, -0.15) is 0 Å². The van der Waals surface area contributed by atoms with Crippen molar-refractivity contribution in [1.29, 1.82) is 0 Å². The Hall–Kier alpha value is -3.82. The zero-order valence-electron chi connectivity index (χ0n) is 35.4. The fourth-order valence-electron chi connectivity index (χ4n) is 7.74. The highest BCUT2D eigenvalue weighted by molar-refractivity contribution is 5.76. The van der Waals surface area contributed by atoms with Crippen molar-refractivity contribution in [2.24, 2.45) is 5.73 Å². The molecule has 4 heterocycles. The summed E-state index contributed by atoms with van der Waals surface area (Å²) in [6.45, 7) is 5.21. The number of ether oxygens (including phenoxy) is 8. The monoisotopic (exact) mass is 929 g/mol. The minimum absolute atomic E-state index is 0.659. The number of carbonyl (C=O) groups is 6. The number of carboxylic acids is 2. The van der Waals surface area contributed by atoms with Gasteiger partial charge in [0.2, 0.25) is 23.6 Å². The molecule has 0 aliphatic carbocycles. The molecule has 4 saturated heterocycles. The third kappa shape index (κ3) is 12.3. The van der Waals surface area contributed by atoms with Crippen molar-refractivity contribution in [2.45, 2.75) is 176 Å². The molecule has 22 atom stereocenters. The number of carboxylic acid groups (broad SMARTS) is 2. The number of nitrogens with one attached hydrogen (secondary N) is 4. The van der Waals surface area contributed by atoms with Crippen LogP contribution in [0.5, 0.6) is 0 Å². The zero-order chi connectivity index (χ0) is 48.1. The Morgan fingerprint density at radius 3 is 1.52 bits per heavy atom. The van der Waals surface area contributed by atoms with E-state index in [1.807, 2.05) is 0 Å². The minimum Gasteiger partial charge on any atom is -0.479 e. The van der Waals surface area contributed by atoms with E-state index < -0.39 is 184 Å². The van der Waals surface area contributed by atoms with Crippen LogP contribution in [0.25, 0.3) is 0 Å². The highest BCUT2D eigenvalue weighted by Gasteiger charge is 2.57. The number of hydrogen-bond acceptors (Lipinski definition) is 22. The minimum atomic E-state index is -2.18.